The highest BCUT2D eigenvalue weighted by Crippen LogP contribution is 2.20. The van der Waals surface area contributed by atoms with Crippen molar-refractivity contribution in [2.75, 3.05) is 13.1 Å². The minimum Gasteiger partial charge on any atom is -0.363 e. The van der Waals surface area contributed by atoms with Gasteiger partial charge >= 0.3 is 0 Å². The van der Waals surface area contributed by atoms with Crippen LogP contribution in [-0.4, -0.2) is 33.8 Å². The first-order valence-electron chi connectivity index (χ1n) is 6.67. The van der Waals surface area contributed by atoms with Gasteiger partial charge in [0.25, 0.3) is 5.89 Å². The molecule has 6 nitrogen and oxygen atoms in total. The second kappa shape index (κ2) is 4.96. The average Bonchev–Trinajstić information content (AvgIpc) is 2.81. The Morgan fingerprint density at radius 1 is 1.25 bits per heavy atom. The van der Waals surface area contributed by atoms with E-state index >= 15 is 0 Å². The lowest BCUT2D eigenvalue weighted by molar-refractivity contribution is -0.0841. The summed E-state index contributed by atoms with van der Waals surface area (Å²) >= 11 is 0. The Labute approximate surface area is 117 Å². The van der Waals surface area contributed by atoms with E-state index in [-0.39, 0.29) is 5.60 Å². The van der Waals surface area contributed by atoms with E-state index in [1.165, 1.54) is 0 Å². The van der Waals surface area contributed by atoms with Crippen LogP contribution in [0.15, 0.2) is 16.7 Å². The molecule has 106 valence electrons. The Morgan fingerprint density at radius 2 is 1.95 bits per heavy atom. The zero-order valence-electron chi connectivity index (χ0n) is 11.9. The fourth-order valence-electron chi connectivity index (χ4n) is 2.21. The van der Waals surface area contributed by atoms with Crippen molar-refractivity contribution in [3.05, 3.63) is 29.4 Å². The number of ether oxygens (including phenoxy) is 1. The predicted octanol–water partition coefficient (Wildman–Crippen LogP) is 1.63. The summed E-state index contributed by atoms with van der Waals surface area (Å²) in [5.41, 5.74) is 2.69. The van der Waals surface area contributed by atoms with Gasteiger partial charge < -0.3 is 14.6 Å². The highest BCUT2D eigenvalue weighted by Gasteiger charge is 2.33. The topological polar surface area (TPSA) is 73.1 Å². The maximum atomic E-state index is 5.78. The molecule has 0 spiro atoms. The van der Waals surface area contributed by atoms with Gasteiger partial charge in [0, 0.05) is 30.0 Å². The van der Waals surface area contributed by atoms with Gasteiger partial charge in [0.05, 0.1) is 5.60 Å². The average molecular weight is 274 g/mol. The normalized spacial score (nSPS) is 16.9. The van der Waals surface area contributed by atoms with Gasteiger partial charge in [-0.1, -0.05) is 5.16 Å². The van der Waals surface area contributed by atoms with Crippen LogP contribution in [0, 0.1) is 13.8 Å². The third-order valence-electron chi connectivity index (χ3n) is 3.35. The van der Waals surface area contributed by atoms with Crippen LogP contribution in [0.2, 0.25) is 0 Å². The molecule has 3 rings (SSSR count). The monoisotopic (exact) mass is 274 g/mol. The largest absolute Gasteiger partial charge is 0.363 e. The molecule has 1 fully saturated rings. The van der Waals surface area contributed by atoms with Crippen LogP contribution in [0.5, 0.6) is 0 Å². The second-order valence-electron chi connectivity index (χ2n) is 5.49. The number of aromatic nitrogens is 3. The molecule has 1 aliphatic rings. The molecule has 0 radical (unpaired) electrons. The molecule has 0 aromatic carbocycles. The first-order valence-corrected chi connectivity index (χ1v) is 6.67. The summed E-state index contributed by atoms with van der Waals surface area (Å²) in [5.74, 6) is 1.08. The van der Waals surface area contributed by atoms with Crippen LogP contribution in [0.25, 0.3) is 11.4 Å². The van der Waals surface area contributed by atoms with Crippen molar-refractivity contribution in [2.24, 2.45) is 0 Å². The first kappa shape index (κ1) is 13.2. The summed E-state index contributed by atoms with van der Waals surface area (Å²) in [4.78, 5) is 8.71. The van der Waals surface area contributed by atoms with Crippen LogP contribution in [0.3, 0.4) is 0 Å². The fourth-order valence-corrected chi connectivity index (χ4v) is 2.21. The van der Waals surface area contributed by atoms with E-state index in [1.54, 1.807) is 0 Å². The first-order chi connectivity index (χ1) is 9.54. The van der Waals surface area contributed by atoms with Gasteiger partial charge in [0.1, 0.15) is 6.61 Å². The molecule has 0 aliphatic carbocycles. The number of nitrogens with zero attached hydrogens (tertiary/aromatic N) is 3. The fraction of sp³-hybridized carbons (Fsp3) is 0.500. The van der Waals surface area contributed by atoms with Gasteiger partial charge in [0.15, 0.2) is 0 Å². The molecule has 20 heavy (non-hydrogen) atoms. The van der Waals surface area contributed by atoms with Crippen molar-refractivity contribution >= 4 is 0 Å². The summed E-state index contributed by atoms with van der Waals surface area (Å²) in [6, 6.07) is 3.89. The van der Waals surface area contributed by atoms with Gasteiger partial charge in [-0.3, -0.25) is 4.98 Å². The Balaban J connectivity index is 1.72. The van der Waals surface area contributed by atoms with Crippen LogP contribution in [-0.2, 0) is 11.3 Å². The minimum atomic E-state index is -0.113. The molecule has 2 aromatic rings. The summed E-state index contributed by atoms with van der Waals surface area (Å²) < 4.78 is 11.0. The Kier molecular flexibility index (Phi) is 3.27. The number of pyridine rings is 1. The lowest BCUT2D eigenvalue weighted by Gasteiger charge is -2.38. The zero-order valence-corrected chi connectivity index (χ0v) is 11.9. The van der Waals surface area contributed by atoms with Crippen molar-refractivity contribution in [1.29, 1.82) is 0 Å². The van der Waals surface area contributed by atoms with Gasteiger partial charge in [-0.05, 0) is 32.9 Å². The summed E-state index contributed by atoms with van der Waals surface area (Å²) in [7, 11) is 0. The van der Waals surface area contributed by atoms with Crippen LogP contribution in [0.4, 0.5) is 0 Å². The number of hydrogen-bond donors (Lipinski definition) is 1. The Hall–Kier alpha value is -1.79. The zero-order chi connectivity index (χ0) is 14.2. The van der Waals surface area contributed by atoms with E-state index < -0.39 is 0 Å². The smallest absolute Gasteiger partial charge is 0.252 e. The van der Waals surface area contributed by atoms with Crippen molar-refractivity contribution in [3.8, 4) is 11.4 Å². The van der Waals surface area contributed by atoms with Crippen LogP contribution >= 0.6 is 0 Å². The standard InChI is InChI=1S/C14H18N4O2/c1-9-4-11(5-10(2)16-9)13-17-12(20-18-13)6-19-14(3)7-15-8-14/h4-5,15H,6-8H2,1-3H3. The SMILES string of the molecule is Cc1cc(-c2noc(COC3(C)CNC3)n2)cc(C)n1. The molecule has 0 amide bonds. The molecule has 1 aliphatic heterocycles. The van der Waals surface area contributed by atoms with E-state index in [4.69, 9.17) is 9.26 Å². The quantitative estimate of drug-likeness (QED) is 0.913. The molecule has 1 saturated heterocycles. The summed E-state index contributed by atoms with van der Waals surface area (Å²) in [6.07, 6.45) is 0. The predicted molar refractivity (Wildman–Crippen MR) is 73.1 cm³/mol. The van der Waals surface area contributed by atoms with Gasteiger partial charge in [-0.25, -0.2) is 0 Å². The van der Waals surface area contributed by atoms with Crippen molar-refractivity contribution in [3.63, 3.8) is 0 Å². The highest BCUT2D eigenvalue weighted by molar-refractivity contribution is 5.55. The van der Waals surface area contributed by atoms with E-state index in [1.807, 2.05) is 26.0 Å². The van der Waals surface area contributed by atoms with Gasteiger partial charge in [-0.15, -0.1) is 0 Å². The van der Waals surface area contributed by atoms with Crippen LogP contribution < -0.4 is 5.32 Å². The van der Waals surface area contributed by atoms with Gasteiger partial charge in [-0.2, -0.15) is 4.98 Å². The van der Waals surface area contributed by atoms with Crippen molar-refractivity contribution < 1.29 is 9.26 Å². The molecule has 0 saturated carbocycles. The molecule has 0 unspecified atom stereocenters. The van der Waals surface area contributed by atoms with Gasteiger partial charge in [0.2, 0.25) is 5.82 Å². The van der Waals surface area contributed by atoms with E-state index in [2.05, 4.69) is 27.4 Å². The third kappa shape index (κ3) is 2.71. The van der Waals surface area contributed by atoms with E-state index in [0.717, 1.165) is 30.0 Å². The summed E-state index contributed by atoms with van der Waals surface area (Å²) in [5, 5.41) is 7.19. The number of aryl methyl sites for hydroxylation is 2. The molecule has 2 aromatic heterocycles. The third-order valence-corrected chi connectivity index (χ3v) is 3.35. The van der Waals surface area contributed by atoms with E-state index in [0.29, 0.717) is 18.3 Å². The molecular formula is C14H18N4O2. The highest BCUT2D eigenvalue weighted by atomic mass is 16.5. The van der Waals surface area contributed by atoms with E-state index in [9.17, 15) is 0 Å². The molecule has 0 bridgehead atoms. The molecule has 3 heterocycles. The number of nitrogens with one attached hydrogen (secondary N) is 1. The Bertz CT molecular complexity index is 599. The maximum absolute atomic E-state index is 5.78. The number of hydrogen-bond acceptors (Lipinski definition) is 6. The lowest BCUT2D eigenvalue weighted by Crippen LogP contribution is -2.58. The van der Waals surface area contributed by atoms with Crippen molar-refractivity contribution in [1.82, 2.24) is 20.4 Å². The molecule has 0 atom stereocenters. The summed E-state index contributed by atoms with van der Waals surface area (Å²) in [6.45, 7) is 8.02. The minimum absolute atomic E-state index is 0.113. The maximum Gasteiger partial charge on any atom is 0.252 e. The molecular weight excluding hydrogens is 256 g/mol. The Morgan fingerprint density at radius 3 is 2.55 bits per heavy atom. The molecule has 1 N–H and O–H groups in total. The lowest BCUT2D eigenvalue weighted by atomic mass is 10.0. The second-order valence-corrected chi connectivity index (χ2v) is 5.49. The number of rotatable bonds is 4. The van der Waals surface area contributed by atoms with Crippen LogP contribution in [0.1, 0.15) is 24.2 Å². The molecule has 6 heteroatoms. The van der Waals surface area contributed by atoms with Crippen molar-refractivity contribution in [2.45, 2.75) is 33.0 Å².